The van der Waals surface area contributed by atoms with E-state index in [0.717, 1.165) is 12.1 Å². The molecule has 0 radical (unpaired) electrons. The van der Waals surface area contributed by atoms with Gasteiger partial charge in [0.25, 0.3) is 11.8 Å². The van der Waals surface area contributed by atoms with Gasteiger partial charge in [0.15, 0.2) is 11.6 Å². The first-order valence-corrected chi connectivity index (χ1v) is 10.3. The molecule has 5 N–H and O–H groups in total. The molecule has 0 bridgehead atoms. The van der Waals surface area contributed by atoms with Gasteiger partial charge in [0.05, 0.1) is 16.9 Å². The van der Waals surface area contributed by atoms with E-state index in [1.54, 1.807) is 24.3 Å². The third kappa shape index (κ3) is 4.57. The molecule has 3 amide bonds. The molecule has 32 heavy (non-hydrogen) atoms. The summed E-state index contributed by atoms with van der Waals surface area (Å²) in [6.45, 7) is 4.32. The molecule has 2 aromatic carbocycles. The second kappa shape index (κ2) is 9.35. The molecule has 2 aromatic rings. The van der Waals surface area contributed by atoms with Crippen LogP contribution in [0.3, 0.4) is 0 Å². The van der Waals surface area contributed by atoms with Gasteiger partial charge in [0.2, 0.25) is 5.91 Å². The van der Waals surface area contributed by atoms with Gasteiger partial charge >= 0.3 is 0 Å². The highest BCUT2D eigenvalue weighted by Crippen LogP contribution is 2.31. The Bertz CT molecular complexity index is 1070. The number of rotatable bonds is 7. The minimum atomic E-state index is -1.57. The minimum absolute atomic E-state index is 0.0191. The van der Waals surface area contributed by atoms with Crippen LogP contribution >= 0.6 is 11.6 Å². The van der Waals surface area contributed by atoms with Crippen LogP contribution in [0.15, 0.2) is 47.5 Å². The summed E-state index contributed by atoms with van der Waals surface area (Å²) in [6.07, 6.45) is 1.29. The molecule has 8 nitrogen and oxygen atoms in total. The van der Waals surface area contributed by atoms with E-state index in [9.17, 15) is 18.8 Å². The molecular weight excluding hydrogens is 437 g/mol. The van der Waals surface area contributed by atoms with E-state index in [1.807, 2.05) is 13.8 Å². The molecule has 1 aliphatic heterocycles. The van der Waals surface area contributed by atoms with Gasteiger partial charge in [-0.1, -0.05) is 37.6 Å². The van der Waals surface area contributed by atoms with Gasteiger partial charge in [-0.25, -0.2) is 4.39 Å². The average Bonchev–Trinajstić information content (AvgIpc) is 3.19. The Morgan fingerprint density at radius 1 is 1.22 bits per heavy atom. The van der Waals surface area contributed by atoms with Crippen molar-refractivity contribution in [1.29, 1.82) is 0 Å². The molecule has 2 unspecified atom stereocenters. The molecule has 0 saturated heterocycles. The first kappa shape index (κ1) is 23.2. The van der Waals surface area contributed by atoms with Crippen LogP contribution < -0.4 is 21.7 Å². The van der Waals surface area contributed by atoms with Crippen LogP contribution in [0.5, 0.6) is 0 Å². The van der Waals surface area contributed by atoms with Gasteiger partial charge < -0.3 is 21.7 Å². The first-order chi connectivity index (χ1) is 15.1. The predicted octanol–water partition coefficient (Wildman–Crippen LogP) is 2.18. The summed E-state index contributed by atoms with van der Waals surface area (Å²) in [5.41, 5.74) is 5.05. The predicted molar refractivity (Wildman–Crippen MR) is 120 cm³/mol. The fourth-order valence-electron chi connectivity index (χ4n) is 3.35. The number of anilines is 1. The number of amides is 3. The van der Waals surface area contributed by atoms with Crippen LogP contribution in [0.1, 0.15) is 29.8 Å². The van der Waals surface area contributed by atoms with Crippen molar-refractivity contribution in [3.63, 3.8) is 0 Å². The Morgan fingerprint density at radius 2 is 1.91 bits per heavy atom. The number of aliphatic imine (C=N–C) groups is 1. The summed E-state index contributed by atoms with van der Waals surface area (Å²) in [7, 11) is 0. The maximum atomic E-state index is 13.2. The Hall–Kier alpha value is -3.46. The summed E-state index contributed by atoms with van der Waals surface area (Å²) >= 11 is 5.93. The molecule has 1 heterocycles. The normalized spacial score (nSPS) is 19.5. The summed E-state index contributed by atoms with van der Waals surface area (Å²) in [5, 5.41) is 8.24. The standard InChI is InChI=1S/C22H23ClFN5O3/c1-12(2)10-26-20(31)18-22(21(25)32,28-11-27-18)13-3-6-15(7-4-13)29-19(30)16-8-5-14(24)9-17(16)23/h3-9,11-12,18H,10H2,1-2H3,(H2,25,32)(H,26,31)(H,27,28)(H,29,30). The summed E-state index contributed by atoms with van der Waals surface area (Å²) < 4.78 is 13.2. The SMILES string of the molecule is CC(C)CNC(=O)C1N=CNC1(C(N)=O)c1ccc(NC(=O)c2ccc(F)cc2Cl)cc1. The van der Waals surface area contributed by atoms with E-state index in [-0.39, 0.29) is 16.5 Å². The van der Waals surface area contributed by atoms with E-state index in [2.05, 4.69) is 20.9 Å². The number of hydrogen-bond acceptors (Lipinski definition) is 5. The zero-order valence-electron chi connectivity index (χ0n) is 17.5. The van der Waals surface area contributed by atoms with Crippen LogP contribution in [0.4, 0.5) is 10.1 Å². The van der Waals surface area contributed by atoms with Gasteiger partial charge in [-0.2, -0.15) is 0 Å². The molecule has 2 atom stereocenters. The lowest BCUT2D eigenvalue weighted by atomic mass is 9.82. The Morgan fingerprint density at radius 3 is 2.50 bits per heavy atom. The molecule has 10 heteroatoms. The minimum Gasteiger partial charge on any atom is -0.367 e. The van der Waals surface area contributed by atoms with Gasteiger partial charge in [-0.15, -0.1) is 0 Å². The zero-order valence-corrected chi connectivity index (χ0v) is 18.2. The molecular formula is C22H23ClFN5O3. The highest BCUT2D eigenvalue weighted by atomic mass is 35.5. The van der Waals surface area contributed by atoms with Crippen LogP contribution in [0.25, 0.3) is 0 Å². The van der Waals surface area contributed by atoms with Crippen LogP contribution in [-0.2, 0) is 15.1 Å². The van der Waals surface area contributed by atoms with E-state index < -0.39 is 35.1 Å². The summed E-state index contributed by atoms with van der Waals surface area (Å²) in [4.78, 5) is 41.8. The fourth-order valence-corrected chi connectivity index (χ4v) is 3.60. The van der Waals surface area contributed by atoms with Crippen LogP contribution in [-0.4, -0.2) is 36.6 Å². The number of nitrogens with zero attached hydrogens (tertiary/aromatic N) is 1. The molecule has 0 fully saturated rings. The fraction of sp³-hybridized carbons (Fsp3) is 0.273. The number of halogens is 2. The largest absolute Gasteiger partial charge is 0.367 e. The van der Waals surface area contributed by atoms with Crippen molar-refractivity contribution in [1.82, 2.24) is 10.6 Å². The Balaban J connectivity index is 1.82. The summed E-state index contributed by atoms with van der Waals surface area (Å²) in [6, 6.07) is 8.62. The Kier molecular flexibility index (Phi) is 6.78. The molecule has 0 spiro atoms. The van der Waals surface area contributed by atoms with Crippen molar-refractivity contribution in [2.45, 2.75) is 25.4 Å². The van der Waals surface area contributed by atoms with Crippen LogP contribution in [0.2, 0.25) is 5.02 Å². The number of nitrogens with one attached hydrogen (secondary N) is 3. The number of carbonyl (C=O) groups is 3. The van der Waals surface area contributed by atoms with Crippen molar-refractivity contribution < 1.29 is 18.8 Å². The molecule has 168 valence electrons. The number of hydrogen-bond donors (Lipinski definition) is 4. The monoisotopic (exact) mass is 459 g/mol. The highest BCUT2D eigenvalue weighted by Gasteiger charge is 2.52. The van der Waals surface area contributed by atoms with Crippen molar-refractivity contribution in [3.8, 4) is 0 Å². The van der Waals surface area contributed by atoms with Gasteiger partial charge in [-0.05, 0) is 41.8 Å². The molecule has 0 aromatic heterocycles. The first-order valence-electron chi connectivity index (χ1n) is 9.89. The second-order valence-corrected chi connectivity index (χ2v) is 8.20. The topological polar surface area (TPSA) is 126 Å². The third-order valence-electron chi connectivity index (χ3n) is 5.02. The van der Waals surface area contributed by atoms with Gasteiger partial charge in [0.1, 0.15) is 5.82 Å². The second-order valence-electron chi connectivity index (χ2n) is 7.79. The third-order valence-corrected chi connectivity index (χ3v) is 5.33. The zero-order chi connectivity index (χ0) is 23.5. The average molecular weight is 460 g/mol. The van der Waals surface area contributed by atoms with Gasteiger partial charge in [-0.3, -0.25) is 19.4 Å². The molecule has 3 rings (SSSR count). The van der Waals surface area contributed by atoms with E-state index in [4.69, 9.17) is 17.3 Å². The van der Waals surface area contributed by atoms with Crippen molar-refractivity contribution in [3.05, 3.63) is 64.4 Å². The van der Waals surface area contributed by atoms with Crippen molar-refractivity contribution in [2.24, 2.45) is 16.6 Å². The van der Waals surface area contributed by atoms with E-state index in [0.29, 0.717) is 17.8 Å². The summed E-state index contributed by atoms with van der Waals surface area (Å²) in [5.74, 6) is -2.05. The number of primary amides is 1. The van der Waals surface area contributed by atoms with E-state index >= 15 is 0 Å². The quantitative estimate of drug-likeness (QED) is 0.506. The molecule has 1 aliphatic rings. The highest BCUT2D eigenvalue weighted by molar-refractivity contribution is 6.34. The maximum absolute atomic E-state index is 13.2. The number of carbonyl (C=O) groups excluding carboxylic acids is 3. The molecule has 0 saturated carbocycles. The number of benzene rings is 2. The molecule has 0 aliphatic carbocycles. The van der Waals surface area contributed by atoms with E-state index in [1.165, 1.54) is 12.4 Å². The number of nitrogens with two attached hydrogens (primary N) is 1. The van der Waals surface area contributed by atoms with Crippen molar-refractivity contribution in [2.75, 3.05) is 11.9 Å². The lowest BCUT2D eigenvalue weighted by Crippen LogP contribution is -2.60. The van der Waals surface area contributed by atoms with Crippen LogP contribution in [0, 0.1) is 11.7 Å². The smallest absolute Gasteiger partial charge is 0.257 e. The van der Waals surface area contributed by atoms with Gasteiger partial charge in [0, 0.05) is 12.2 Å². The van der Waals surface area contributed by atoms with Crippen molar-refractivity contribution >= 4 is 41.3 Å². The maximum Gasteiger partial charge on any atom is 0.257 e. The Labute approximate surface area is 189 Å². The lowest BCUT2D eigenvalue weighted by molar-refractivity contribution is -0.131. The lowest BCUT2D eigenvalue weighted by Gasteiger charge is -2.31.